The van der Waals surface area contributed by atoms with Crippen molar-refractivity contribution in [3.05, 3.63) is 24.3 Å². The maximum Gasteiger partial charge on any atom is 0.227 e. The van der Waals surface area contributed by atoms with Crippen LogP contribution >= 0.6 is 11.8 Å². The number of nitrogens with one attached hydrogen (secondary N) is 1. The van der Waals surface area contributed by atoms with Gasteiger partial charge in [0.1, 0.15) is 0 Å². The summed E-state index contributed by atoms with van der Waals surface area (Å²) in [6.07, 6.45) is 2.56. The Labute approximate surface area is 124 Å². The quantitative estimate of drug-likeness (QED) is 0.819. The maximum absolute atomic E-state index is 10.9. The molecule has 2 unspecified atom stereocenters. The van der Waals surface area contributed by atoms with Gasteiger partial charge >= 0.3 is 0 Å². The zero-order valence-corrected chi connectivity index (χ0v) is 12.8. The molecule has 0 aliphatic carbocycles. The van der Waals surface area contributed by atoms with E-state index >= 15 is 0 Å². The standard InChI is InChI=1S/C15H22N2O2S/c1-10-7-12(8-11(2)19-10)17-13-5-3-4-6-14(13)20-9-15(16)18/h3-6,10-12,17H,7-9H2,1-2H3,(H2,16,18). The van der Waals surface area contributed by atoms with Gasteiger partial charge in [-0.15, -0.1) is 11.8 Å². The van der Waals surface area contributed by atoms with E-state index in [1.54, 1.807) is 0 Å². The highest BCUT2D eigenvalue weighted by Crippen LogP contribution is 2.30. The minimum atomic E-state index is -0.293. The fourth-order valence-corrected chi connectivity index (χ4v) is 3.36. The number of hydrogen-bond acceptors (Lipinski definition) is 4. The average molecular weight is 294 g/mol. The smallest absolute Gasteiger partial charge is 0.227 e. The van der Waals surface area contributed by atoms with E-state index in [-0.39, 0.29) is 18.1 Å². The molecule has 0 radical (unpaired) electrons. The normalized spacial score (nSPS) is 26.2. The molecule has 1 aliphatic heterocycles. The van der Waals surface area contributed by atoms with Crippen LogP contribution in [-0.4, -0.2) is 29.9 Å². The first-order valence-corrected chi connectivity index (χ1v) is 7.95. The van der Waals surface area contributed by atoms with E-state index in [0.29, 0.717) is 11.8 Å². The van der Waals surface area contributed by atoms with Gasteiger partial charge in [0.05, 0.1) is 18.0 Å². The number of thioether (sulfide) groups is 1. The van der Waals surface area contributed by atoms with Gasteiger partial charge < -0.3 is 15.8 Å². The lowest BCUT2D eigenvalue weighted by Crippen LogP contribution is -2.37. The van der Waals surface area contributed by atoms with E-state index in [1.807, 2.05) is 24.3 Å². The molecule has 20 heavy (non-hydrogen) atoms. The molecule has 5 heteroatoms. The fourth-order valence-electron chi connectivity index (χ4n) is 2.60. The van der Waals surface area contributed by atoms with Crippen LogP contribution in [0.1, 0.15) is 26.7 Å². The van der Waals surface area contributed by atoms with Crippen molar-refractivity contribution in [2.24, 2.45) is 5.73 Å². The second-order valence-electron chi connectivity index (χ2n) is 5.32. The molecule has 1 aromatic rings. The van der Waals surface area contributed by atoms with Gasteiger partial charge in [0, 0.05) is 16.6 Å². The number of benzene rings is 1. The number of amides is 1. The van der Waals surface area contributed by atoms with Crippen LogP contribution < -0.4 is 11.1 Å². The van der Waals surface area contributed by atoms with Gasteiger partial charge in [0.25, 0.3) is 0 Å². The molecule has 1 aliphatic rings. The summed E-state index contributed by atoms with van der Waals surface area (Å²) in [4.78, 5) is 12.0. The van der Waals surface area contributed by atoms with E-state index in [0.717, 1.165) is 23.4 Å². The van der Waals surface area contributed by atoms with Crippen LogP contribution in [0.2, 0.25) is 0 Å². The Morgan fingerprint density at radius 2 is 2.00 bits per heavy atom. The second kappa shape index (κ2) is 6.99. The number of hydrogen-bond donors (Lipinski definition) is 2. The Morgan fingerprint density at radius 3 is 2.65 bits per heavy atom. The number of para-hydroxylation sites is 1. The summed E-state index contributed by atoms with van der Waals surface area (Å²) in [5.41, 5.74) is 6.29. The van der Waals surface area contributed by atoms with Gasteiger partial charge in [0.2, 0.25) is 5.91 Å². The van der Waals surface area contributed by atoms with E-state index in [1.165, 1.54) is 11.8 Å². The SMILES string of the molecule is CC1CC(Nc2ccccc2SCC(N)=O)CC(C)O1. The topological polar surface area (TPSA) is 64.3 Å². The van der Waals surface area contributed by atoms with Crippen LogP contribution in [0.15, 0.2) is 29.2 Å². The molecule has 0 spiro atoms. The summed E-state index contributed by atoms with van der Waals surface area (Å²) in [6.45, 7) is 4.22. The molecule has 0 bridgehead atoms. The molecule has 110 valence electrons. The summed E-state index contributed by atoms with van der Waals surface area (Å²) in [5.74, 6) is 0.0114. The predicted octanol–water partition coefficient (Wildman–Crippen LogP) is 2.63. The van der Waals surface area contributed by atoms with Gasteiger partial charge in [-0.25, -0.2) is 0 Å². The van der Waals surface area contributed by atoms with Crippen molar-refractivity contribution in [1.82, 2.24) is 0 Å². The second-order valence-corrected chi connectivity index (χ2v) is 6.34. The molecule has 2 atom stereocenters. The highest BCUT2D eigenvalue weighted by atomic mass is 32.2. The number of carbonyl (C=O) groups excluding carboxylic acids is 1. The van der Waals surface area contributed by atoms with Crippen molar-refractivity contribution in [3.8, 4) is 0 Å². The molecular weight excluding hydrogens is 272 g/mol. The van der Waals surface area contributed by atoms with Crippen molar-refractivity contribution >= 4 is 23.4 Å². The van der Waals surface area contributed by atoms with E-state index in [9.17, 15) is 4.79 Å². The van der Waals surface area contributed by atoms with Crippen molar-refractivity contribution in [2.45, 2.75) is 49.8 Å². The minimum Gasteiger partial charge on any atom is -0.381 e. The number of ether oxygens (including phenoxy) is 1. The number of nitrogens with two attached hydrogens (primary N) is 1. The van der Waals surface area contributed by atoms with Gasteiger partial charge in [-0.05, 0) is 38.8 Å². The van der Waals surface area contributed by atoms with Gasteiger partial charge in [-0.1, -0.05) is 12.1 Å². The third kappa shape index (κ3) is 4.42. The number of carbonyl (C=O) groups is 1. The molecule has 1 amide bonds. The molecule has 1 fully saturated rings. The molecule has 4 nitrogen and oxygen atoms in total. The van der Waals surface area contributed by atoms with Gasteiger partial charge in [-0.2, -0.15) is 0 Å². The van der Waals surface area contributed by atoms with E-state index in [4.69, 9.17) is 10.5 Å². The van der Waals surface area contributed by atoms with E-state index in [2.05, 4.69) is 19.2 Å². The number of primary amides is 1. The monoisotopic (exact) mass is 294 g/mol. The number of rotatable bonds is 5. The molecule has 1 aromatic carbocycles. The molecular formula is C15H22N2O2S. The zero-order valence-electron chi connectivity index (χ0n) is 12.0. The Kier molecular flexibility index (Phi) is 5.31. The highest BCUT2D eigenvalue weighted by Gasteiger charge is 2.24. The lowest BCUT2D eigenvalue weighted by molar-refractivity contribution is -0.115. The average Bonchev–Trinajstić information content (AvgIpc) is 2.36. The third-order valence-corrected chi connectivity index (χ3v) is 4.41. The Hall–Kier alpha value is -1.20. The van der Waals surface area contributed by atoms with Gasteiger partial charge in [0.15, 0.2) is 0 Å². The fraction of sp³-hybridized carbons (Fsp3) is 0.533. The first kappa shape index (κ1) is 15.2. The molecule has 2 rings (SSSR count). The summed E-state index contributed by atoms with van der Waals surface area (Å²) < 4.78 is 5.76. The minimum absolute atomic E-state index is 0.279. The maximum atomic E-state index is 10.9. The largest absolute Gasteiger partial charge is 0.381 e. The predicted molar refractivity (Wildman–Crippen MR) is 83.0 cm³/mol. The third-order valence-electron chi connectivity index (χ3n) is 3.31. The molecule has 0 aromatic heterocycles. The van der Waals surface area contributed by atoms with Crippen LogP contribution in [0.25, 0.3) is 0 Å². The van der Waals surface area contributed by atoms with Gasteiger partial charge in [-0.3, -0.25) is 4.79 Å². The first-order chi connectivity index (χ1) is 9.54. The lowest BCUT2D eigenvalue weighted by Gasteiger charge is -2.33. The summed E-state index contributed by atoms with van der Waals surface area (Å²) in [7, 11) is 0. The van der Waals surface area contributed by atoms with Crippen LogP contribution in [0.5, 0.6) is 0 Å². The Morgan fingerprint density at radius 1 is 1.35 bits per heavy atom. The van der Waals surface area contributed by atoms with Crippen LogP contribution in [0, 0.1) is 0 Å². The summed E-state index contributed by atoms with van der Waals surface area (Å²) >= 11 is 1.48. The molecule has 0 saturated carbocycles. The first-order valence-electron chi connectivity index (χ1n) is 6.96. The van der Waals surface area contributed by atoms with Crippen LogP contribution in [0.4, 0.5) is 5.69 Å². The zero-order chi connectivity index (χ0) is 14.5. The van der Waals surface area contributed by atoms with Crippen molar-refractivity contribution in [2.75, 3.05) is 11.1 Å². The van der Waals surface area contributed by atoms with Crippen LogP contribution in [-0.2, 0) is 9.53 Å². The van der Waals surface area contributed by atoms with Crippen LogP contribution in [0.3, 0.4) is 0 Å². The van der Waals surface area contributed by atoms with Crippen molar-refractivity contribution in [3.63, 3.8) is 0 Å². The molecule has 1 heterocycles. The van der Waals surface area contributed by atoms with Crippen molar-refractivity contribution < 1.29 is 9.53 Å². The van der Waals surface area contributed by atoms with E-state index < -0.39 is 0 Å². The molecule has 3 N–H and O–H groups in total. The lowest BCUT2D eigenvalue weighted by atomic mass is 9.99. The summed E-state index contributed by atoms with van der Waals surface area (Å²) in [5, 5.41) is 3.58. The Bertz CT molecular complexity index is 457. The Balaban J connectivity index is 2.02. The molecule has 1 saturated heterocycles. The summed E-state index contributed by atoms with van der Waals surface area (Å²) in [6, 6.07) is 8.45. The highest BCUT2D eigenvalue weighted by molar-refractivity contribution is 8.00. The van der Waals surface area contributed by atoms with Crippen molar-refractivity contribution in [1.29, 1.82) is 0 Å². The number of anilines is 1.